The number of nitrogens with zero attached hydrogens (tertiary/aromatic N) is 2. The molecule has 1 rings (SSSR count). The molecule has 4 heteroatoms. The van der Waals surface area contributed by atoms with E-state index in [0.29, 0.717) is 5.69 Å². The summed E-state index contributed by atoms with van der Waals surface area (Å²) >= 11 is 0. The highest BCUT2D eigenvalue weighted by molar-refractivity contribution is 5.90. The van der Waals surface area contributed by atoms with E-state index in [1.54, 1.807) is 14.1 Å². The van der Waals surface area contributed by atoms with E-state index in [2.05, 4.69) is 0 Å². The van der Waals surface area contributed by atoms with Gasteiger partial charge in [-0.25, -0.2) is 15.6 Å². The van der Waals surface area contributed by atoms with E-state index >= 15 is 0 Å². The number of amides is 2. The fourth-order valence-electron chi connectivity index (χ4n) is 1.03. The molecule has 0 fully saturated rings. The lowest BCUT2D eigenvalue weighted by molar-refractivity contribution is 0.224. The molecule has 1 aromatic carbocycles. The van der Waals surface area contributed by atoms with Gasteiger partial charge in [0.2, 0.25) is 0 Å². The summed E-state index contributed by atoms with van der Waals surface area (Å²) < 4.78 is 0. The van der Waals surface area contributed by atoms with Crippen LogP contribution in [-0.4, -0.2) is 25.0 Å². The lowest BCUT2D eigenvalue weighted by atomic mass is 10.2. The second-order valence-electron chi connectivity index (χ2n) is 3.38. The molecule has 0 aliphatic heterocycles. The molecule has 0 aliphatic carbocycles. The van der Waals surface area contributed by atoms with Crippen LogP contribution in [0.3, 0.4) is 0 Å². The van der Waals surface area contributed by atoms with E-state index in [1.807, 2.05) is 31.2 Å². The number of carbonyl (C=O) groups excluding carboxylic acids is 1. The van der Waals surface area contributed by atoms with Crippen LogP contribution >= 0.6 is 0 Å². The van der Waals surface area contributed by atoms with Crippen LogP contribution in [0.25, 0.3) is 0 Å². The third kappa shape index (κ3) is 2.23. The van der Waals surface area contributed by atoms with Crippen LogP contribution in [0.15, 0.2) is 24.3 Å². The fraction of sp³-hybridized carbons (Fsp3) is 0.300. The SMILES string of the molecule is Cc1ccc(N(N)C(=O)N(C)C)cc1. The number of aryl methyl sites for hydroxylation is 1. The summed E-state index contributed by atoms with van der Waals surface area (Å²) in [6.07, 6.45) is 0. The van der Waals surface area contributed by atoms with E-state index in [9.17, 15) is 4.79 Å². The average molecular weight is 193 g/mol. The van der Waals surface area contributed by atoms with Gasteiger partial charge < -0.3 is 4.90 Å². The van der Waals surface area contributed by atoms with Crippen LogP contribution < -0.4 is 10.9 Å². The van der Waals surface area contributed by atoms with Crippen LogP contribution in [-0.2, 0) is 0 Å². The first kappa shape index (κ1) is 10.5. The predicted molar refractivity (Wildman–Crippen MR) is 56.9 cm³/mol. The molecule has 14 heavy (non-hydrogen) atoms. The molecule has 4 nitrogen and oxygen atoms in total. The van der Waals surface area contributed by atoms with Crippen LogP contribution in [0, 0.1) is 6.92 Å². The Morgan fingerprint density at radius 3 is 2.14 bits per heavy atom. The maximum atomic E-state index is 11.5. The minimum absolute atomic E-state index is 0.242. The Bertz CT molecular complexity index is 319. The van der Waals surface area contributed by atoms with Crippen molar-refractivity contribution in [3.63, 3.8) is 0 Å². The number of benzene rings is 1. The van der Waals surface area contributed by atoms with Gasteiger partial charge in [-0.1, -0.05) is 17.7 Å². The van der Waals surface area contributed by atoms with Crippen molar-refractivity contribution in [1.82, 2.24) is 4.90 Å². The first-order valence-corrected chi connectivity index (χ1v) is 4.35. The molecule has 0 spiro atoms. The van der Waals surface area contributed by atoms with Gasteiger partial charge in [0.05, 0.1) is 5.69 Å². The van der Waals surface area contributed by atoms with Crippen LogP contribution in [0.2, 0.25) is 0 Å². The molecule has 76 valence electrons. The van der Waals surface area contributed by atoms with Crippen molar-refractivity contribution in [2.75, 3.05) is 19.1 Å². The number of carbonyl (C=O) groups is 1. The van der Waals surface area contributed by atoms with E-state index < -0.39 is 0 Å². The minimum Gasteiger partial charge on any atom is -0.329 e. The summed E-state index contributed by atoms with van der Waals surface area (Å²) in [6.45, 7) is 1.98. The maximum absolute atomic E-state index is 11.5. The molecule has 0 radical (unpaired) electrons. The van der Waals surface area contributed by atoms with Crippen molar-refractivity contribution in [2.24, 2.45) is 5.84 Å². The summed E-state index contributed by atoms with van der Waals surface area (Å²) in [7, 11) is 3.33. The Morgan fingerprint density at radius 1 is 1.21 bits per heavy atom. The molecule has 2 amide bonds. The van der Waals surface area contributed by atoms with Crippen LogP contribution in [0.4, 0.5) is 10.5 Å². The predicted octanol–water partition coefficient (Wildman–Crippen LogP) is 1.36. The van der Waals surface area contributed by atoms with Gasteiger partial charge in [-0.15, -0.1) is 0 Å². The van der Waals surface area contributed by atoms with Gasteiger partial charge >= 0.3 is 6.03 Å². The van der Waals surface area contributed by atoms with Crippen molar-refractivity contribution in [3.05, 3.63) is 29.8 Å². The van der Waals surface area contributed by atoms with Crippen molar-refractivity contribution in [3.8, 4) is 0 Å². The van der Waals surface area contributed by atoms with Crippen LogP contribution in [0.1, 0.15) is 5.56 Å². The summed E-state index contributed by atoms with van der Waals surface area (Å²) in [5.41, 5.74) is 1.83. The minimum atomic E-state index is -0.242. The van der Waals surface area contributed by atoms with Gasteiger partial charge in [0.15, 0.2) is 0 Å². The highest BCUT2D eigenvalue weighted by Gasteiger charge is 2.12. The Labute approximate surface area is 83.9 Å². The molecule has 1 aromatic rings. The van der Waals surface area contributed by atoms with Crippen LogP contribution in [0.5, 0.6) is 0 Å². The molecule has 0 unspecified atom stereocenters. The van der Waals surface area contributed by atoms with Crippen molar-refractivity contribution >= 4 is 11.7 Å². The van der Waals surface area contributed by atoms with E-state index in [0.717, 1.165) is 10.6 Å². The lowest BCUT2D eigenvalue weighted by Crippen LogP contribution is -2.44. The Balaban J connectivity index is 2.84. The standard InChI is InChI=1S/C10H15N3O/c1-8-4-6-9(7-5-8)13(11)10(14)12(2)3/h4-7H,11H2,1-3H3. The summed E-state index contributed by atoms with van der Waals surface area (Å²) in [5, 5.41) is 1.12. The second kappa shape index (κ2) is 4.11. The smallest absolute Gasteiger partial charge is 0.329 e. The van der Waals surface area contributed by atoms with Crippen molar-refractivity contribution in [1.29, 1.82) is 0 Å². The van der Waals surface area contributed by atoms with Gasteiger partial charge in [0, 0.05) is 14.1 Å². The Morgan fingerprint density at radius 2 is 1.71 bits per heavy atom. The van der Waals surface area contributed by atoms with Gasteiger partial charge in [0.1, 0.15) is 0 Å². The molecular formula is C10H15N3O. The largest absolute Gasteiger partial charge is 0.338 e. The number of rotatable bonds is 1. The van der Waals surface area contributed by atoms with Gasteiger partial charge in [-0.3, -0.25) is 0 Å². The van der Waals surface area contributed by atoms with Gasteiger partial charge in [-0.05, 0) is 19.1 Å². The highest BCUT2D eigenvalue weighted by Crippen LogP contribution is 2.12. The monoisotopic (exact) mass is 193 g/mol. The molecule has 0 bridgehead atoms. The number of hydrogen-bond acceptors (Lipinski definition) is 2. The molecule has 0 saturated heterocycles. The van der Waals surface area contributed by atoms with Crippen molar-refractivity contribution in [2.45, 2.75) is 6.92 Å². The second-order valence-corrected chi connectivity index (χ2v) is 3.38. The fourth-order valence-corrected chi connectivity index (χ4v) is 1.03. The molecule has 2 N–H and O–H groups in total. The zero-order chi connectivity index (χ0) is 10.7. The molecule has 0 heterocycles. The molecule has 0 saturated carbocycles. The number of hydrogen-bond donors (Lipinski definition) is 1. The summed E-state index contributed by atoms with van der Waals surface area (Å²) in [5.74, 6) is 5.63. The Kier molecular flexibility index (Phi) is 3.09. The lowest BCUT2D eigenvalue weighted by Gasteiger charge is -2.21. The third-order valence-electron chi connectivity index (χ3n) is 1.90. The quantitative estimate of drug-likeness (QED) is 0.416. The number of nitrogens with two attached hydrogens (primary N) is 1. The van der Waals surface area contributed by atoms with E-state index in [4.69, 9.17) is 5.84 Å². The Hall–Kier alpha value is -1.55. The topological polar surface area (TPSA) is 49.6 Å². The first-order valence-electron chi connectivity index (χ1n) is 4.35. The van der Waals surface area contributed by atoms with Gasteiger partial charge in [-0.2, -0.15) is 0 Å². The molecule has 0 atom stereocenters. The van der Waals surface area contributed by atoms with E-state index in [1.165, 1.54) is 4.90 Å². The number of hydrazine groups is 1. The zero-order valence-electron chi connectivity index (χ0n) is 8.69. The van der Waals surface area contributed by atoms with Gasteiger partial charge in [0.25, 0.3) is 0 Å². The number of anilines is 1. The normalized spacial score (nSPS) is 9.71. The third-order valence-corrected chi connectivity index (χ3v) is 1.90. The molecular weight excluding hydrogens is 178 g/mol. The zero-order valence-corrected chi connectivity index (χ0v) is 8.69. The molecule has 0 aliphatic rings. The highest BCUT2D eigenvalue weighted by atomic mass is 16.2. The van der Waals surface area contributed by atoms with E-state index in [-0.39, 0.29) is 6.03 Å². The average Bonchev–Trinajstić information content (AvgIpc) is 2.16. The first-order chi connectivity index (χ1) is 6.52. The van der Waals surface area contributed by atoms with Crippen molar-refractivity contribution < 1.29 is 4.79 Å². The number of urea groups is 1. The summed E-state index contributed by atoms with van der Waals surface area (Å²) in [6, 6.07) is 7.22. The maximum Gasteiger partial charge on any atom is 0.338 e. The molecule has 0 aromatic heterocycles. The summed E-state index contributed by atoms with van der Waals surface area (Å²) in [4.78, 5) is 12.9.